The summed E-state index contributed by atoms with van der Waals surface area (Å²) < 4.78 is 11.5. The second-order valence-corrected chi connectivity index (χ2v) is 6.63. The van der Waals surface area contributed by atoms with E-state index in [0.717, 1.165) is 23.6 Å². The maximum absolute atomic E-state index is 6.08. The van der Waals surface area contributed by atoms with E-state index in [1.54, 1.807) is 7.11 Å². The van der Waals surface area contributed by atoms with Crippen LogP contribution in [0.2, 0.25) is 5.02 Å². The smallest absolute Gasteiger partial charge is 0.0949 e. The highest BCUT2D eigenvalue weighted by Gasteiger charge is 2.18. The summed E-state index contributed by atoms with van der Waals surface area (Å²) in [5, 5.41) is 4.16. The van der Waals surface area contributed by atoms with Gasteiger partial charge in [0.15, 0.2) is 0 Å². The Bertz CT molecular complexity index is 421. The standard InChI is InChI=1S/C17H28ClNO2/c1-13(2)19-12-16(14-7-6-8-15(18)11-14)21-10-9-17(3,4)20-5/h6-8,11,13,16,19H,9-10,12H2,1-5H3. The van der Waals surface area contributed by atoms with Crippen molar-refractivity contribution in [3.8, 4) is 0 Å². The van der Waals surface area contributed by atoms with Gasteiger partial charge in [-0.2, -0.15) is 0 Å². The Hall–Kier alpha value is -0.610. The monoisotopic (exact) mass is 313 g/mol. The first-order chi connectivity index (χ1) is 9.84. The van der Waals surface area contributed by atoms with Gasteiger partial charge in [-0.05, 0) is 38.0 Å². The van der Waals surface area contributed by atoms with Crippen molar-refractivity contribution in [3.05, 3.63) is 34.9 Å². The van der Waals surface area contributed by atoms with Crippen molar-refractivity contribution in [1.82, 2.24) is 5.32 Å². The molecule has 0 saturated heterocycles. The number of hydrogen-bond acceptors (Lipinski definition) is 3. The van der Waals surface area contributed by atoms with E-state index in [1.165, 1.54) is 0 Å². The topological polar surface area (TPSA) is 30.5 Å². The van der Waals surface area contributed by atoms with Crippen LogP contribution in [-0.4, -0.2) is 31.9 Å². The van der Waals surface area contributed by atoms with E-state index in [1.807, 2.05) is 18.2 Å². The summed E-state index contributed by atoms with van der Waals surface area (Å²) in [6.07, 6.45) is 0.848. The lowest BCUT2D eigenvalue weighted by Gasteiger charge is -2.25. The van der Waals surface area contributed by atoms with Crippen LogP contribution in [0, 0.1) is 0 Å². The molecular formula is C17H28ClNO2. The van der Waals surface area contributed by atoms with Crippen molar-refractivity contribution < 1.29 is 9.47 Å². The van der Waals surface area contributed by atoms with Gasteiger partial charge in [-0.1, -0.05) is 37.6 Å². The lowest BCUT2D eigenvalue weighted by molar-refractivity contribution is -0.0275. The van der Waals surface area contributed by atoms with Crippen LogP contribution in [0.4, 0.5) is 0 Å². The third-order valence-electron chi connectivity index (χ3n) is 3.51. The van der Waals surface area contributed by atoms with Crippen LogP contribution in [0.5, 0.6) is 0 Å². The van der Waals surface area contributed by atoms with E-state index >= 15 is 0 Å². The van der Waals surface area contributed by atoms with E-state index < -0.39 is 0 Å². The normalized spacial score (nSPS) is 13.7. The highest BCUT2D eigenvalue weighted by molar-refractivity contribution is 6.30. The van der Waals surface area contributed by atoms with E-state index in [0.29, 0.717) is 12.6 Å². The zero-order valence-electron chi connectivity index (χ0n) is 13.8. The number of methoxy groups -OCH3 is 1. The van der Waals surface area contributed by atoms with Crippen molar-refractivity contribution in [1.29, 1.82) is 0 Å². The van der Waals surface area contributed by atoms with Crippen molar-refractivity contribution in [3.63, 3.8) is 0 Å². The summed E-state index contributed by atoms with van der Waals surface area (Å²) in [7, 11) is 1.73. The molecule has 0 aliphatic heterocycles. The molecule has 0 aliphatic carbocycles. The van der Waals surface area contributed by atoms with E-state index in [4.69, 9.17) is 21.1 Å². The molecule has 1 atom stereocenters. The van der Waals surface area contributed by atoms with Gasteiger partial charge in [0.1, 0.15) is 0 Å². The summed E-state index contributed by atoms with van der Waals surface area (Å²) in [5.41, 5.74) is 0.940. The van der Waals surface area contributed by atoms with Crippen LogP contribution >= 0.6 is 11.6 Å². The Morgan fingerprint density at radius 3 is 2.57 bits per heavy atom. The fourth-order valence-corrected chi connectivity index (χ4v) is 2.07. The molecule has 21 heavy (non-hydrogen) atoms. The third kappa shape index (κ3) is 7.28. The predicted octanol–water partition coefficient (Wildman–Crippen LogP) is 4.21. The highest BCUT2D eigenvalue weighted by atomic mass is 35.5. The van der Waals surface area contributed by atoms with E-state index in [2.05, 4.69) is 39.1 Å². The number of nitrogens with one attached hydrogen (secondary N) is 1. The molecule has 0 spiro atoms. The first-order valence-corrected chi connectivity index (χ1v) is 7.87. The molecule has 1 unspecified atom stereocenters. The van der Waals surface area contributed by atoms with Crippen LogP contribution in [0.1, 0.15) is 45.8 Å². The van der Waals surface area contributed by atoms with Crippen molar-refractivity contribution >= 4 is 11.6 Å². The number of benzene rings is 1. The maximum atomic E-state index is 6.08. The zero-order valence-corrected chi connectivity index (χ0v) is 14.5. The molecule has 0 saturated carbocycles. The average Bonchev–Trinajstić information content (AvgIpc) is 2.42. The lowest BCUT2D eigenvalue weighted by Crippen LogP contribution is -2.30. The summed E-state index contributed by atoms with van der Waals surface area (Å²) in [5.74, 6) is 0. The molecule has 1 aromatic rings. The van der Waals surface area contributed by atoms with Gasteiger partial charge in [-0.25, -0.2) is 0 Å². The molecule has 120 valence electrons. The predicted molar refractivity (Wildman–Crippen MR) is 89.0 cm³/mol. The summed E-state index contributed by atoms with van der Waals surface area (Å²) in [6.45, 7) is 9.81. The van der Waals surface area contributed by atoms with Gasteiger partial charge in [0.05, 0.1) is 18.3 Å². The van der Waals surface area contributed by atoms with E-state index in [-0.39, 0.29) is 11.7 Å². The van der Waals surface area contributed by atoms with Gasteiger partial charge in [0, 0.05) is 24.7 Å². The number of hydrogen-bond donors (Lipinski definition) is 1. The van der Waals surface area contributed by atoms with Crippen LogP contribution < -0.4 is 5.32 Å². The van der Waals surface area contributed by atoms with Crippen LogP contribution in [0.25, 0.3) is 0 Å². The third-order valence-corrected chi connectivity index (χ3v) is 3.74. The second-order valence-electron chi connectivity index (χ2n) is 6.19. The Labute approximate surface area is 134 Å². The molecular weight excluding hydrogens is 286 g/mol. The molecule has 0 bridgehead atoms. The average molecular weight is 314 g/mol. The molecule has 4 heteroatoms. The largest absolute Gasteiger partial charge is 0.379 e. The first-order valence-electron chi connectivity index (χ1n) is 7.49. The van der Waals surface area contributed by atoms with Crippen molar-refractivity contribution in [2.45, 2.75) is 51.9 Å². The number of ether oxygens (including phenoxy) is 2. The number of rotatable bonds is 9. The highest BCUT2D eigenvalue weighted by Crippen LogP contribution is 2.22. The molecule has 0 amide bonds. The fourth-order valence-electron chi connectivity index (χ4n) is 1.87. The first kappa shape index (κ1) is 18.4. The lowest BCUT2D eigenvalue weighted by atomic mass is 10.1. The van der Waals surface area contributed by atoms with Gasteiger partial charge in [-0.15, -0.1) is 0 Å². The molecule has 1 rings (SSSR count). The minimum Gasteiger partial charge on any atom is -0.379 e. The van der Waals surface area contributed by atoms with Crippen molar-refractivity contribution in [2.24, 2.45) is 0 Å². The van der Waals surface area contributed by atoms with Gasteiger partial charge in [0.25, 0.3) is 0 Å². The zero-order chi connectivity index (χ0) is 15.9. The maximum Gasteiger partial charge on any atom is 0.0949 e. The Kier molecular flexibility index (Phi) is 7.67. The van der Waals surface area contributed by atoms with Gasteiger partial charge in [-0.3, -0.25) is 0 Å². The molecule has 3 nitrogen and oxygen atoms in total. The minimum atomic E-state index is -0.162. The molecule has 0 heterocycles. The van der Waals surface area contributed by atoms with Gasteiger partial charge in [0.2, 0.25) is 0 Å². The van der Waals surface area contributed by atoms with Gasteiger partial charge >= 0.3 is 0 Å². The summed E-state index contributed by atoms with van der Waals surface area (Å²) >= 11 is 6.08. The Morgan fingerprint density at radius 2 is 2.00 bits per heavy atom. The van der Waals surface area contributed by atoms with Crippen LogP contribution in [-0.2, 0) is 9.47 Å². The quantitative estimate of drug-likeness (QED) is 0.740. The van der Waals surface area contributed by atoms with Crippen LogP contribution in [0.3, 0.4) is 0 Å². The minimum absolute atomic E-state index is 0.00115. The SMILES string of the molecule is COC(C)(C)CCOC(CNC(C)C)c1cccc(Cl)c1. The Balaban J connectivity index is 2.64. The molecule has 0 fully saturated rings. The van der Waals surface area contributed by atoms with Crippen LogP contribution in [0.15, 0.2) is 24.3 Å². The summed E-state index contributed by atoms with van der Waals surface area (Å²) in [6, 6.07) is 8.29. The number of halogens is 1. The van der Waals surface area contributed by atoms with Crippen molar-refractivity contribution in [2.75, 3.05) is 20.3 Å². The van der Waals surface area contributed by atoms with E-state index in [9.17, 15) is 0 Å². The molecule has 1 aromatic carbocycles. The summed E-state index contributed by atoms with van der Waals surface area (Å²) in [4.78, 5) is 0. The molecule has 0 aliphatic rings. The second kappa shape index (κ2) is 8.74. The Morgan fingerprint density at radius 1 is 1.29 bits per heavy atom. The van der Waals surface area contributed by atoms with Gasteiger partial charge < -0.3 is 14.8 Å². The molecule has 0 radical (unpaired) electrons. The molecule has 0 aromatic heterocycles. The fraction of sp³-hybridized carbons (Fsp3) is 0.647. The molecule has 1 N–H and O–H groups in total.